The van der Waals surface area contributed by atoms with Crippen molar-refractivity contribution in [3.8, 4) is 11.6 Å². The minimum absolute atomic E-state index is 0.264. The van der Waals surface area contributed by atoms with E-state index in [2.05, 4.69) is 51.4 Å². The Morgan fingerprint density at radius 3 is 2.70 bits per heavy atom. The summed E-state index contributed by atoms with van der Waals surface area (Å²) >= 11 is 0. The summed E-state index contributed by atoms with van der Waals surface area (Å²) in [6.07, 6.45) is 4.20. The Bertz CT molecular complexity index is 1230. The average Bonchev–Trinajstić information content (AvgIpc) is 3.40. The largest absolute Gasteiger partial charge is 0.461 e. The Balaban J connectivity index is 1.54. The fourth-order valence-electron chi connectivity index (χ4n) is 3.12. The van der Waals surface area contributed by atoms with Gasteiger partial charge in [-0.15, -0.1) is 5.10 Å². The molecule has 0 aliphatic carbocycles. The van der Waals surface area contributed by atoms with E-state index in [9.17, 15) is 0 Å². The van der Waals surface area contributed by atoms with Crippen LogP contribution in [0.1, 0.15) is 11.1 Å². The maximum absolute atomic E-state index is 6.12. The number of hydrogen-bond acceptors (Lipinski definition) is 6. The summed E-state index contributed by atoms with van der Waals surface area (Å²) in [5.74, 6) is 1.31. The summed E-state index contributed by atoms with van der Waals surface area (Å²) in [6, 6.07) is 12.1. The lowest BCUT2D eigenvalue weighted by atomic mass is 10.1. The maximum Gasteiger partial charge on any atom is 0.225 e. The van der Waals surface area contributed by atoms with Gasteiger partial charge in [-0.05, 0) is 31.0 Å². The second-order valence-electron chi connectivity index (χ2n) is 6.46. The second-order valence-corrected chi connectivity index (χ2v) is 6.46. The smallest absolute Gasteiger partial charge is 0.225 e. The summed E-state index contributed by atoms with van der Waals surface area (Å²) < 4.78 is 8.76. The zero-order valence-corrected chi connectivity index (χ0v) is 14.7. The van der Waals surface area contributed by atoms with Crippen LogP contribution in [0.2, 0.25) is 0 Å². The van der Waals surface area contributed by atoms with Gasteiger partial charge in [-0.2, -0.15) is 14.6 Å². The predicted molar refractivity (Wildman–Crippen MR) is 101 cm³/mol. The van der Waals surface area contributed by atoms with Crippen LogP contribution in [0.3, 0.4) is 0 Å². The van der Waals surface area contributed by atoms with Crippen LogP contribution >= 0.6 is 0 Å². The average molecular weight is 359 g/mol. The molecule has 8 heteroatoms. The van der Waals surface area contributed by atoms with E-state index in [1.165, 1.54) is 15.6 Å². The monoisotopic (exact) mass is 359 g/mol. The van der Waals surface area contributed by atoms with Crippen LogP contribution in [0.15, 0.2) is 53.3 Å². The predicted octanol–water partition coefficient (Wildman–Crippen LogP) is 2.87. The number of nitrogens with two attached hydrogens (primary N) is 1. The molecular formula is C19H17N7O. The fraction of sp³-hybridized carbons (Fsp3) is 0.158. The topological polar surface area (TPSA) is 100 Å². The van der Waals surface area contributed by atoms with Gasteiger partial charge in [0.15, 0.2) is 17.1 Å². The molecule has 27 heavy (non-hydrogen) atoms. The molecule has 0 amide bonds. The van der Waals surface area contributed by atoms with Crippen molar-refractivity contribution in [2.45, 2.75) is 19.9 Å². The highest BCUT2D eigenvalue weighted by molar-refractivity contribution is 5.90. The molecule has 0 aliphatic rings. The van der Waals surface area contributed by atoms with E-state index in [-0.39, 0.29) is 5.95 Å². The molecule has 0 saturated heterocycles. The van der Waals surface area contributed by atoms with E-state index in [0.29, 0.717) is 29.4 Å². The summed E-state index contributed by atoms with van der Waals surface area (Å²) in [4.78, 5) is 9.06. The first-order valence-electron chi connectivity index (χ1n) is 8.66. The van der Waals surface area contributed by atoms with Gasteiger partial charge in [-0.3, -0.25) is 0 Å². The van der Waals surface area contributed by atoms with Crippen LogP contribution < -0.4 is 5.73 Å². The molecule has 0 aliphatic heterocycles. The molecule has 0 radical (unpaired) electrons. The van der Waals surface area contributed by atoms with Crippen LogP contribution in [0, 0.1) is 6.92 Å². The molecule has 2 N–H and O–H groups in total. The Hall–Kier alpha value is -3.68. The summed E-state index contributed by atoms with van der Waals surface area (Å²) in [6.45, 7) is 2.78. The lowest BCUT2D eigenvalue weighted by Crippen LogP contribution is -2.07. The molecule has 0 atom stereocenters. The number of nitrogens with zero attached hydrogens (tertiary/aromatic N) is 6. The van der Waals surface area contributed by atoms with Gasteiger partial charge < -0.3 is 10.2 Å². The summed E-state index contributed by atoms with van der Waals surface area (Å²) in [5.41, 5.74) is 9.93. The molecule has 8 nitrogen and oxygen atoms in total. The van der Waals surface area contributed by atoms with Crippen molar-refractivity contribution in [1.82, 2.24) is 29.4 Å². The highest BCUT2D eigenvalue weighted by Gasteiger charge is 2.17. The molecule has 4 aromatic heterocycles. The quantitative estimate of drug-likeness (QED) is 0.529. The molecule has 5 aromatic rings. The summed E-state index contributed by atoms with van der Waals surface area (Å²) in [5, 5.41) is 9.69. The van der Waals surface area contributed by atoms with Crippen molar-refractivity contribution >= 4 is 22.6 Å². The van der Waals surface area contributed by atoms with Crippen molar-refractivity contribution in [3.63, 3.8) is 0 Å². The third kappa shape index (κ3) is 2.62. The van der Waals surface area contributed by atoms with Crippen molar-refractivity contribution in [2.24, 2.45) is 0 Å². The zero-order valence-electron chi connectivity index (χ0n) is 14.7. The number of fused-ring (bicyclic) bond motifs is 3. The normalized spacial score (nSPS) is 11.6. The van der Waals surface area contributed by atoms with E-state index in [1.807, 2.05) is 4.68 Å². The molecule has 4 heterocycles. The van der Waals surface area contributed by atoms with Gasteiger partial charge in [-0.25, -0.2) is 9.67 Å². The zero-order chi connectivity index (χ0) is 18.4. The first kappa shape index (κ1) is 15.6. The molecule has 134 valence electrons. The Labute approximate surface area is 154 Å². The van der Waals surface area contributed by atoms with Gasteiger partial charge in [0, 0.05) is 6.54 Å². The molecular weight excluding hydrogens is 342 g/mol. The third-order valence-electron chi connectivity index (χ3n) is 4.57. The van der Waals surface area contributed by atoms with Gasteiger partial charge in [0.05, 0.1) is 17.8 Å². The first-order valence-corrected chi connectivity index (χ1v) is 8.66. The minimum Gasteiger partial charge on any atom is -0.461 e. The minimum atomic E-state index is 0.264. The second kappa shape index (κ2) is 5.94. The third-order valence-corrected chi connectivity index (χ3v) is 4.57. The molecule has 0 unspecified atom stereocenters. The maximum atomic E-state index is 6.12. The molecule has 1 aromatic carbocycles. The number of furan rings is 1. The van der Waals surface area contributed by atoms with Crippen molar-refractivity contribution < 1.29 is 4.42 Å². The molecule has 0 fully saturated rings. The van der Waals surface area contributed by atoms with E-state index in [1.54, 1.807) is 24.6 Å². The van der Waals surface area contributed by atoms with E-state index < -0.39 is 0 Å². The van der Waals surface area contributed by atoms with Crippen LogP contribution in [-0.4, -0.2) is 29.4 Å². The number of nitrogen functional groups attached to an aromatic ring is 1. The highest BCUT2D eigenvalue weighted by Crippen LogP contribution is 2.23. The van der Waals surface area contributed by atoms with Crippen molar-refractivity contribution in [3.05, 3.63) is 60.0 Å². The molecule has 0 bridgehead atoms. The standard InChI is InChI=1S/C19H17N7O/c1-12-4-6-13(7-5-12)8-9-25-17-14(11-21-25)18-22-16(15-3-2-10-27-15)24-26(18)19(20)23-17/h2-7,10-11H,8-9H2,1H3,(H2,20,23). The van der Waals surface area contributed by atoms with E-state index >= 15 is 0 Å². The first-order chi connectivity index (χ1) is 13.2. The molecule has 0 spiro atoms. The van der Waals surface area contributed by atoms with Gasteiger partial charge in [0.1, 0.15) is 0 Å². The lowest BCUT2D eigenvalue weighted by Gasteiger charge is -2.05. The SMILES string of the molecule is Cc1ccc(CCn2ncc3c2nc(N)n2nc(-c4ccco4)nc32)cc1. The van der Waals surface area contributed by atoms with Crippen molar-refractivity contribution in [1.29, 1.82) is 0 Å². The molecule has 0 saturated carbocycles. The Morgan fingerprint density at radius 1 is 1.07 bits per heavy atom. The fourth-order valence-corrected chi connectivity index (χ4v) is 3.12. The number of aromatic nitrogens is 6. The number of hydrogen-bond donors (Lipinski definition) is 1. The van der Waals surface area contributed by atoms with Crippen LogP contribution in [0.4, 0.5) is 5.95 Å². The number of benzene rings is 1. The van der Waals surface area contributed by atoms with Gasteiger partial charge >= 0.3 is 0 Å². The van der Waals surface area contributed by atoms with E-state index in [4.69, 9.17) is 10.2 Å². The lowest BCUT2D eigenvalue weighted by molar-refractivity contribution is 0.577. The van der Waals surface area contributed by atoms with Crippen LogP contribution in [-0.2, 0) is 13.0 Å². The van der Waals surface area contributed by atoms with Gasteiger partial charge in [0.2, 0.25) is 11.8 Å². The summed E-state index contributed by atoms with van der Waals surface area (Å²) in [7, 11) is 0. The molecule has 5 rings (SSSR count). The Kier molecular flexibility index (Phi) is 3.43. The number of anilines is 1. The van der Waals surface area contributed by atoms with Crippen LogP contribution in [0.5, 0.6) is 0 Å². The van der Waals surface area contributed by atoms with Crippen LogP contribution in [0.25, 0.3) is 28.3 Å². The van der Waals surface area contributed by atoms with Gasteiger partial charge in [-0.1, -0.05) is 29.8 Å². The Morgan fingerprint density at radius 2 is 1.93 bits per heavy atom. The number of aryl methyl sites for hydroxylation is 3. The van der Waals surface area contributed by atoms with Crippen molar-refractivity contribution in [2.75, 3.05) is 5.73 Å². The van der Waals surface area contributed by atoms with E-state index in [0.717, 1.165) is 11.8 Å². The van der Waals surface area contributed by atoms with Gasteiger partial charge in [0.25, 0.3) is 0 Å². The number of rotatable bonds is 4. The highest BCUT2D eigenvalue weighted by atomic mass is 16.3.